The zero-order chi connectivity index (χ0) is 36.9. The lowest BCUT2D eigenvalue weighted by atomic mass is 9.82. The zero-order valence-electron chi connectivity index (χ0n) is 30.1. The van der Waals surface area contributed by atoms with Gasteiger partial charge < -0.3 is 23.7 Å². The van der Waals surface area contributed by atoms with Crippen molar-refractivity contribution in [3.63, 3.8) is 0 Å². The Morgan fingerprint density at radius 3 is 1.44 bits per heavy atom. The summed E-state index contributed by atoms with van der Waals surface area (Å²) in [5.74, 6) is -0.632. The molecule has 0 aromatic heterocycles. The van der Waals surface area contributed by atoms with E-state index in [-0.39, 0.29) is 35.7 Å². The first kappa shape index (κ1) is 37.8. The van der Waals surface area contributed by atoms with Crippen LogP contribution < -0.4 is 14.2 Å². The highest BCUT2D eigenvalue weighted by Gasteiger charge is 2.32. The highest BCUT2D eigenvalue weighted by atomic mass is 16.5. The maximum absolute atomic E-state index is 13.1. The van der Waals surface area contributed by atoms with Crippen LogP contribution >= 0.6 is 0 Å². The average molecular weight is 707 g/mol. The van der Waals surface area contributed by atoms with Crippen LogP contribution in [0, 0.1) is 11.8 Å². The number of methoxy groups -OCH3 is 1. The summed E-state index contributed by atoms with van der Waals surface area (Å²) in [6.07, 6.45) is 5.65. The SMILES string of the molecule is CCCCOC(=O)c1ccc(-c2ccc(OC(=O)C3CCC(C(=O)Oc4ccc(-c5ccc(C(=O)OCCCC)cc5)c(OC)c4)CC3)cc2)cc1. The van der Waals surface area contributed by atoms with Crippen molar-refractivity contribution < 1.29 is 42.9 Å². The molecular formula is C43H46O9. The number of esters is 4. The fourth-order valence-electron chi connectivity index (χ4n) is 6.02. The monoisotopic (exact) mass is 706 g/mol. The summed E-state index contributed by atoms with van der Waals surface area (Å²) in [6, 6.07) is 26.8. The molecule has 0 N–H and O–H groups in total. The van der Waals surface area contributed by atoms with Gasteiger partial charge in [0.15, 0.2) is 0 Å². The number of hydrogen-bond donors (Lipinski definition) is 0. The quantitative estimate of drug-likeness (QED) is 0.0678. The van der Waals surface area contributed by atoms with Crippen molar-refractivity contribution in [2.24, 2.45) is 11.8 Å². The Morgan fingerprint density at radius 1 is 0.558 bits per heavy atom. The largest absolute Gasteiger partial charge is 0.496 e. The van der Waals surface area contributed by atoms with Crippen LogP contribution in [0.4, 0.5) is 0 Å². The molecule has 1 saturated carbocycles. The summed E-state index contributed by atoms with van der Waals surface area (Å²) in [7, 11) is 1.55. The standard InChI is InChI=1S/C43H46O9/c1-4-6-26-49-40(44)32-12-8-29(9-13-32)30-20-22-36(23-21-30)51-42(46)34-16-18-35(19-17-34)43(47)52-37-24-25-38(39(28-37)48-3)31-10-14-33(15-11-31)41(45)50-27-7-5-2/h8-15,20-25,28,34-35H,4-7,16-19,26-27H2,1-3H3. The lowest BCUT2D eigenvalue weighted by Crippen LogP contribution is -2.30. The molecule has 1 aliphatic rings. The van der Waals surface area contributed by atoms with Crippen molar-refractivity contribution in [1.82, 2.24) is 0 Å². The Kier molecular flexibility index (Phi) is 13.6. The highest BCUT2D eigenvalue weighted by Crippen LogP contribution is 2.36. The van der Waals surface area contributed by atoms with E-state index in [0.29, 0.717) is 67.3 Å². The third-order valence-electron chi connectivity index (χ3n) is 9.21. The molecule has 1 aliphatic carbocycles. The van der Waals surface area contributed by atoms with Gasteiger partial charge in [0.25, 0.3) is 0 Å². The second kappa shape index (κ2) is 18.7. The molecule has 0 spiro atoms. The summed E-state index contributed by atoms with van der Waals surface area (Å²) in [6.45, 7) is 4.89. The average Bonchev–Trinajstić information content (AvgIpc) is 3.18. The molecule has 0 radical (unpaired) electrons. The Hall–Kier alpha value is -5.44. The number of unbranched alkanes of at least 4 members (excludes halogenated alkanes) is 2. The third kappa shape index (κ3) is 10.1. The van der Waals surface area contributed by atoms with Crippen molar-refractivity contribution in [2.75, 3.05) is 20.3 Å². The van der Waals surface area contributed by atoms with E-state index in [1.165, 1.54) is 0 Å². The fraction of sp³-hybridized carbons (Fsp3) is 0.349. The van der Waals surface area contributed by atoms with Gasteiger partial charge in [-0.25, -0.2) is 9.59 Å². The van der Waals surface area contributed by atoms with Gasteiger partial charge >= 0.3 is 23.9 Å². The van der Waals surface area contributed by atoms with Crippen LogP contribution in [0.2, 0.25) is 0 Å². The van der Waals surface area contributed by atoms with Gasteiger partial charge in [-0.1, -0.05) is 63.1 Å². The molecule has 0 aliphatic heterocycles. The van der Waals surface area contributed by atoms with Crippen LogP contribution in [0.15, 0.2) is 91.0 Å². The smallest absolute Gasteiger partial charge is 0.338 e. The van der Waals surface area contributed by atoms with E-state index in [0.717, 1.165) is 47.9 Å². The van der Waals surface area contributed by atoms with Crippen LogP contribution in [0.25, 0.3) is 22.3 Å². The number of hydrogen-bond acceptors (Lipinski definition) is 9. The summed E-state index contributed by atoms with van der Waals surface area (Å²) in [5.41, 5.74) is 4.46. The molecule has 0 bridgehead atoms. The molecule has 0 amide bonds. The Bertz CT molecular complexity index is 1800. The van der Waals surface area contributed by atoms with E-state index < -0.39 is 0 Å². The van der Waals surface area contributed by atoms with Crippen LogP contribution in [0.5, 0.6) is 17.2 Å². The van der Waals surface area contributed by atoms with Gasteiger partial charge in [0.1, 0.15) is 17.2 Å². The van der Waals surface area contributed by atoms with E-state index in [1.54, 1.807) is 55.6 Å². The third-order valence-corrected chi connectivity index (χ3v) is 9.21. The van der Waals surface area contributed by atoms with Gasteiger partial charge in [-0.15, -0.1) is 0 Å². The first-order valence-electron chi connectivity index (χ1n) is 18.1. The highest BCUT2D eigenvalue weighted by molar-refractivity contribution is 5.91. The number of carbonyl (C=O) groups excluding carboxylic acids is 4. The van der Waals surface area contributed by atoms with E-state index in [4.69, 9.17) is 23.7 Å². The lowest BCUT2D eigenvalue weighted by molar-refractivity contribution is -0.145. The van der Waals surface area contributed by atoms with Gasteiger partial charge in [-0.3, -0.25) is 9.59 Å². The minimum Gasteiger partial charge on any atom is -0.496 e. The van der Waals surface area contributed by atoms with E-state index in [2.05, 4.69) is 0 Å². The van der Waals surface area contributed by atoms with Crippen molar-refractivity contribution >= 4 is 23.9 Å². The maximum Gasteiger partial charge on any atom is 0.338 e. The maximum atomic E-state index is 13.1. The number of benzene rings is 4. The molecule has 0 saturated heterocycles. The van der Waals surface area contributed by atoms with Gasteiger partial charge in [0, 0.05) is 11.6 Å². The van der Waals surface area contributed by atoms with E-state index in [9.17, 15) is 19.2 Å². The van der Waals surface area contributed by atoms with Gasteiger partial charge in [0.05, 0.1) is 43.3 Å². The minimum atomic E-state index is -0.353. The van der Waals surface area contributed by atoms with E-state index in [1.807, 2.05) is 56.3 Å². The number of ether oxygens (including phenoxy) is 5. The molecule has 272 valence electrons. The summed E-state index contributed by atoms with van der Waals surface area (Å²) >= 11 is 0. The number of rotatable bonds is 15. The summed E-state index contributed by atoms with van der Waals surface area (Å²) in [5, 5.41) is 0. The van der Waals surface area contributed by atoms with Gasteiger partial charge in [-0.05, 0) is 104 Å². The van der Waals surface area contributed by atoms with Crippen LogP contribution in [0.1, 0.15) is 85.9 Å². The molecule has 0 heterocycles. The van der Waals surface area contributed by atoms with Crippen molar-refractivity contribution in [3.05, 3.63) is 102 Å². The van der Waals surface area contributed by atoms with Crippen molar-refractivity contribution in [1.29, 1.82) is 0 Å². The van der Waals surface area contributed by atoms with Crippen molar-refractivity contribution in [3.8, 4) is 39.5 Å². The molecule has 9 nitrogen and oxygen atoms in total. The predicted molar refractivity (Wildman–Crippen MR) is 197 cm³/mol. The minimum absolute atomic E-state index is 0.308. The van der Waals surface area contributed by atoms with E-state index >= 15 is 0 Å². The number of carbonyl (C=O) groups is 4. The Morgan fingerprint density at radius 2 is 0.981 bits per heavy atom. The summed E-state index contributed by atoms with van der Waals surface area (Å²) in [4.78, 5) is 50.5. The molecule has 4 aromatic carbocycles. The lowest BCUT2D eigenvalue weighted by Gasteiger charge is -2.26. The molecule has 5 rings (SSSR count). The molecular weight excluding hydrogens is 660 g/mol. The fourth-order valence-corrected chi connectivity index (χ4v) is 6.02. The van der Waals surface area contributed by atoms with Gasteiger partial charge in [-0.2, -0.15) is 0 Å². The molecule has 4 aromatic rings. The summed E-state index contributed by atoms with van der Waals surface area (Å²) < 4.78 is 27.6. The van der Waals surface area contributed by atoms with Crippen LogP contribution in [0.3, 0.4) is 0 Å². The normalized spacial score (nSPS) is 15.3. The molecule has 1 fully saturated rings. The zero-order valence-corrected chi connectivity index (χ0v) is 30.1. The second-order valence-corrected chi connectivity index (χ2v) is 12.9. The van der Waals surface area contributed by atoms with Gasteiger partial charge in [0.2, 0.25) is 0 Å². The second-order valence-electron chi connectivity index (χ2n) is 12.9. The molecule has 52 heavy (non-hydrogen) atoms. The molecule has 0 unspecified atom stereocenters. The van der Waals surface area contributed by atoms with Crippen LogP contribution in [-0.4, -0.2) is 44.2 Å². The Balaban J connectivity index is 1.09. The molecule has 0 atom stereocenters. The topological polar surface area (TPSA) is 114 Å². The van der Waals surface area contributed by atoms with Crippen LogP contribution in [-0.2, 0) is 19.1 Å². The Labute approximate surface area is 305 Å². The first-order valence-corrected chi connectivity index (χ1v) is 18.1. The first-order chi connectivity index (χ1) is 25.3. The predicted octanol–water partition coefficient (Wildman–Crippen LogP) is 9.26. The molecule has 9 heteroatoms. The van der Waals surface area contributed by atoms with Crippen molar-refractivity contribution in [2.45, 2.75) is 65.2 Å².